The van der Waals surface area contributed by atoms with Crippen LogP contribution in [0.4, 0.5) is 4.79 Å². The van der Waals surface area contributed by atoms with E-state index in [2.05, 4.69) is 4.74 Å². The minimum absolute atomic E-state index is 0.0749. The van der Waals surface area contributed by atoms with Crippen molar-refractivity contribution in [2.75, 3.05) is 0 Å². The standard InChI is InChI=1S/C20H15NO6/c22-13-7-12-20(26-14-15-8-3-1-4-9-15)18(24)27-19(25)21(20)17(23)16-10-5-2-6-11-16/h1-11H,12,14H2/t20-/m0/s1. The number of ether oxygens (including phenoxy) is 2. The molecule has 7 nitrogen and oxygen atoms in total. The van der Waals surface area contributed by atoms with Crippen LogP contribution >= 0.6 is 0 Å². The summed E-state index contributed by atoms with van der Waals surface area (Å²) < 4.78 is 10.4. The molecule has 0 aliphatic carbocycles. The lowest BCUT2D eigenvalue weighted by Gasteiger charge is -2.30. The van der Waals surface area contributed by atoms with E-state index in [1.165, 1.54) is 12.1 Å². The van der Waals surface area contributed by atoms with E-state index in [0.29, 0.717) is 10.5 Å². The predicted octanol–water partition coefficient (Wildman–Crippen LogP) is 2.50. The number of rotatable bonds is 6. The van der Waals surface area contributed by atoms with Gasteiger partial charge in [-0.05, 0) is 17.7 Å². The first kappa shape index (κ1) is 18.3. The summed E-state index contributed by atoms with van der Waals surface area (Å²) in [5, 5.41) is 0. The van der Waals surface area contributed by atoms with Gasteiger partial charge in [-0.2, -0.15) is 0 Å². The fourth-order valence-electron chi connectivity index (χ4n) is 2.71. The highest BCUT2D eigenvalue weighted by Gasteiger charge is 2.59. The molecule has 0 saturated carbocycles. The van der Waals surface area contributed by atoms with Crippen molar-refractivity contribution in [3.8, 4) is 0 Å². The Morgan fingerprint density at radius 2 is 1.70 bits per heavy atom. The van der Waals surface area contributed by atoms with Crippen molar-refractivity contribution in [3.05, 3.63) is 77.9 Å². The van der Waals surface area contributed by atoms with E-state index >= 15 is 0 Å². The molecule has 0 bridgehead atoms. The summed E-state index contributed by atoms with van der Waals surface area (Å²) in [5.41, 5.74) is -1.19. The number of carbonyl (C=O) groups excluding carboxylic acids is 4. The van der Waals surface area contributed by atoms with Gasteiger partial charge in [-0.15, -0.1) is 0 Å². The Morgan fingerprint density at radius 1 is 1.07 bits per heavy atom. The maximum Gasteiger partial charge on any atom is 0.427 e. The fourth-order valence-corrected chi connectivity index (χ4v) is 2.71. The van der Waals surface area contributed by atoms with Crippen LogP contribution in [0, 0.1) is 0 Å². The Morgan fingerprint density at radius 3 is 2.33 bits per heavy atom. The normalized spacial score (nSPS) is 18.7. The van der Waals surface area contributed by atoms with Crippen molar-refractivity contribution < 1.29 is 28.7 Å². The highest BCUT2D eigenvalue weighted by atomic mass is 16.7. The molecule has 27 heavy (non-hydrogen) atoms. The number of esters is 1. The molecular formula is C20H15NO6. The number of carbonyl (C=O) groups is 3. The molecule has 1 heterocycles. The molecule has 1 atom stereocenters. The summed E-state index contributed by atoms with van der Waals surface area (Å²) >= 11 is 0. The van der Waals surface area contributed by atoms with Gasteiger partial charge in [-0.1, -0.05) is 48.5 Å². The van der Waals surface area contributed by atoms with Gasteiger partial charge in [0.1, 0.15) is 5.94 Å². The van der Waals surface area contributed by atoms with Crippen LogP contribution in [-0.4, -0.2) is 34.5 Å². The van der Waals surface area contributed by atoms with Crippen molar-refractivity contribution in [1.29, 1.82) is 0 Å². The van der Waals surface area contributed by atoms with Gasteiger partial charge < -0.3 is 9.47 Å². The second-order valence-electron chi connectivity index (χ2n) is 5.75. The zero-order valence-electron chi connectivity index (χ0n) is 14.2. The van der Waals surface area contributed by atoms with E-state index < -0.39 is 23.7 Å². The highest BCUT2D eigenvalue weighted by molar-refractivity contribution is 6.12. The van der Waals surface area contributed by atoms with Crippen molar-refractivity contribution in [2.45, 2.75) is 18.8 Å². The molecule has 1 saturated heterocycles. The topological polar surface area (TPSA) is 90.0 Å². The number of benzene rings is 2. The minimum atomic E-state index is -2.07. The summed E-state index contributed by atoms with van der Waals surface area (Å²) in [7, 11) is 0. The van der Waals surface area contributed by atoms with E-state index in [0.717, 1.165) is 6.08 Å². The molecule has 2 amide bonds. The quantitative estimate of drug-likeness (QED) is 0.444. The van der Waals surface area contributed by atoms with Crippen molar-refractivity contribution >= 4 is 23.9 Å². The number of nitrogens with zero attached hydrogens (tertiary/aromatic N) is 1. The lowest BCUT2D eigenvalue weighted by atomic mass is 10.1. The minimum Gasteiger partial charge on any atom is -0.372 e. The van der Waals surface area contributed by atoms with Gasteiger partial charge in [-0.3, -0.25) is 4.79 Å². The Kier molecular flexibility index (Phi) is 5.26. The lowest BCUT2D eigenvalue weighted by molar-refractivity contribution is -0.169. The molecule has 0 spiro atoms. The largest absolute Gasteiger partial charge is 0.427 e. The lowest BCUT2D eigenvalue weighted by Crippen LogP contribution is -2.54. The summed E-state index contributed by atoms with van der Waals surface area (Å²) in [6.45, 7) is -0.0749. The van der Waals surface area contributed by atoms with E-state index in [4.69, 9.17) is 4.74 Å². The number of hydrogen-bond donors (Lipinski definition) is 0. The monoisotopic (exact) mass is 365 g/mol. The van der Waals surface area contributed by atoms with Gasteiger partial charge in [0.2, 0.25) is 0 Å². The molecule has 1 fully saturated rings. The Balaban J connectivity index is 1.99. The van der Waals surface area contributed by atoms with Crippen molar-refractivity contribution in [2.24, 2.45) is 0 Å². The Labute approximate surface area is 154 Å². The van der Waals surface area contributed by atoms with Crippen molar-refractivity contribution in [1.82, 2.24) is 4.90 Å². The third-order valence-corrected chi connectivity index (χ3v) is 4.05. The van der Waals surface area contributed by atoms with Gasteiger partial charge in [0.25, 0.3) is 11.6 Å². The van der Waals surface area contributed by atoms with E-state index in [-0.39, 0.29) is 18.6 Å². The molecule has 1 aliphatic rings. The molecule has 0 radical (unpaired) electrons. The van der Waals surface area contributed by atoms with Gasteiger partial charge in [0.05, 0.1) is 6.61 Å². The zero-order chi connectivity index (χ0) is 19.3. The van der Waals surface area contributed by atoms with Crippen LogP contribution in [0.1, 0.15) is 22.3 Å². The Bertz CT molecular complexity index is 905. The average Bonchev–Trinajstić information content (AvgIpc) is 2.95. The molecule has 0 unspecified atom stereocenters. The average molecular weight is 365 g/mol. The molecule has 7 heteroatoms. The van der Waals surface area contributed by atoms with Crippen LogP contribution in [0.2, 0.25) is 0 Å². The first-order valence-electron chi connectivity index (χ1n) is 8.11. The summed E-state index contributed by atoms with van der Waals surface area (Å²) in [4.78, 5) is 48.9. The molecule has 2 aromatic carbocycles. The van der Waals surface area contributed by atoms with Crippen molar-refractivity contribution in [3.63, 3.8) is 0 Å². The SMILES string of the molecule is O=C=CC[C@]1(OCc2ccccc2)C(=O)OC(=O)N1C(=O)c1ccccc1. The maximum atomic E-state index is 12.9. The van der Waals surface area contributed by atoms with Crippen LogP contribution < -0.4 is 0 Å². The first-order chi connectivity index (χ1) is 13.1. The molecule has 136 valence electrons. The van der Waals surface area contributed by atoms with Crippen LogP contribution in [0.25, 0.3) is 0 Å². The summed E-state index contributed by atoms with van der Waals surface area (Å²) in [6.07, 6.45) is -0.538. The van der Waals surface area contributed by atoms with E-state index in [1.54, 1.807) is 48.4 Å². The molecule has 0 aromatic heterocycles. The first-order valence-corrected chi connectivity index (χ1v) is 8.11. The van der Waals surface area contributed by atoms with E-state index in [9.17, 15) is 19.2 Å². The number of amides is 2. The summed E-state index contributed by atoms with van der Waals surface area (Å²) in [6, 6.07) is 16.8. The molecule has 1 aliphatic heterocycles. The van der Waals surface area contributed by atoms with Gasteiger partial charge in [0, 0.05) is 18.1 Å². The third-order valence-electron chi connectivity index (χ3n) is 4.05. The Hall–Kier alpha value is -3.54. The number of imide groups is 1. The van der Waals surface area contributed by atoms with Gasteiger partial charge >= 0.3 is 12.1 Å². The highest BCUT2D eigenvalue weighted by Crippen LogP contribution is 2.33. The van der Waals surface area contributed by atoms with Gasteiger partial charge in [0.15, 0.2) is 0 Å². The zero-order valence-corrected chi connectivity index (χ0v) is 14.2. The predicted molar refractivity (Wildman–Crippen MR) is 92.9 cm³/mol. The second-order valence-corrected chi connectivity index (χ2v) is 5.75. The number of cyclic esters (lactones) is 2. The molecular weight excluding hydrogens is 350 g/mol. The number of hydrogen-bond acceptors (Lipinski definition) is 6. The van der Waals surface area contributed by atoms with Crippen LogP contribution in [0.5, 0.6) is 0 Å². The van der Waals surface area contributed by atoms with Crippen LogP contribution in [0.3, 0.4) is 0 Å². The van der Waals surface area contributed by atoms with Crippen LogP contribution in [0.15, 0.2) is 66.7 Å². The third kappa shape index (κ3) is 3.55. The van der Waals surface area contributed by atoms with Gasteiger partial charge in [-0.25, -0.2) is 19.3 Å². The smallest absolute Gasteiger partial charge is 0.372 e. The molecule has 2 aromatic rings. The molecule has 0 N–H and O–H groups in total. The van der Waals surface area contributed by atoms with Crippen LogP contribution in [-0.2, 0) is 25.7 Å². The second kappa shape index (κ2) is 7.78. The fraction of sp³-hybridized carbons (Fsp3) is 0.150. The summed E-state index contributed by atoms with van der Waals surface area (Å²) in [5.74, 6) is -0.281. The van der Waals surface area contributed by atoms with E-state index in [1.807, 2.05) is 6.07 Å². The maximum absolute atomic E-state index is 12.9. The molecule has 3 rings (SSSR count).